The number of benzene rings is 4. The van der Waals surface area contributed by atoms with Gasteiger partial charge in [0.1, 0.15) is 28.7 Å². The second kappa shape index (κ2) is 8.79. The van der Waals surface area contributed by atoms with Crippen molar-refractivity contribution in [3.05, 3.63) is 95.1 Å². The summed E-state index contributed by atoms with van der Waals surface area (Å²) >= 11 is 0. The normalized spacial score (nSPS) is 10.8. The summed E-state index contributed by atoms with van der Waals surface area (Å²) in [4.78, 5) is 2.08. The van der Waals surface area contributed by atoms with Crippen LogP contribution in [0, 0.1) is 27.7 Å². The average molecular weight is 442 g/mol. The van der Waals surface area contributed by atoms with Crippen LogP contribution in [-0.4, -0.2) is 15.3 Å². The van der Waals surface area contributed by atoms with Gasteiger partial charge in [-0.2, -0.15) is 0 Å². The van der Waals surface area contributed by atoms with Crippen LogP contribution in [0.3, 0.4) is 0 Å². The second-order valence-electron chi connectivity index (χ2n) is 8.28. The molecule has 0 bridgehead atoms. The maximum atomic E-state index is 10.1. The fourth-order valence-electron chi connectivity index (χ4n) is 3.89. The van der Waals surface area contributed by atoms with Crippen LogP contribution >= 0.6 is 0 Å². The quantitative estimate of drug-likeness (QED) is 0.303. The Morgan fingerprint density at radius 3 is 1.70 bits per heavy atom. The largest absolute Gasteiger partial charge is 0.508 e. The van der Waals surface area contributed by atoms with Crippen molar-refractivity contribution in [3.63, 3.8) is 0 Å². The lowest BCUT2D eigenvalue weighted by Gasteiger charge is -2.28. The van der Waals surface area contributed by atoms with Crippen molar-refractivity contribution in [2.45, 2.75) is 27.7 Å². The summed E-state index contributed by atoms with van der Waals surface area (Å²) in [7, 11) is 0. The number of rotatable bonds is 5. The van der Waals surface area contributed by atoms with Crippen molar-refractivity contribution in [1.29, 1.82) is 0 Å². The Balaban J connectivity index is 1.75. The molecule has 4 aromatic rings. The number of nitrogens with zero attached hydrogens (tertiary/aromatic N) is 1. The molecular weight excluding hydrogens is 414 g/mol. The highest BCUT2D eigenvalue weighted by molar-refractivity contribution is 5.80. The van der Waals surface area contributed by atoms with Crippen LogP contribution in [0.1, 0.15) is 22.3 Å². The molecule has 3 N–H and O–H groups in total. The predicted molar refractivity (Wildman–Crippen MR) is 132 cm³/mol. The predicted octanol–water partition coefficient (Wildman–Crippen LogP) is 7.30. The summed E-state index contributed by atoms with van der Waals surface area (Å²) in [6, 6.07) is 21.8. The molecule has 4 aromatic carbocycles. The van der Waals surface area contributed by atoms with Crippen LogP contribution in [-0.2, 0) is 0 Å². The highest BCUT2D eigenvalue weighted by Gasteiger charge is 2.17. The summed E-state index contributed by atoms with van der Waals surface area (Å²) in [6.45, 7) is 7.62. The number of aromatic hydroxyl groups is 3. The number of phenolic OH excluding ortho intramolecular Hbond substituents is 3. The number of ether oxygens (including phenoxy) is 1. The van der Waals surface area contributed by atoms with Gasteiger partial charge in [0, 0.05) is 22.6 Å². The fourth-order valence-corrected chi connectivity index (χ4v) is 3.89. The van der Waals surface area contributed by atoms with Gasteiger partial charge in [-0.3, -0.25) is 0 Å². The number of anilines is 3. The molecule has 0 radical (unpaired) electrons. The molecule has 0 aliphatic rings. The number of aryl methyl sites for hydroxylation is 3. The Hall–Kier alpha value is -4.12. The van der Waals surface area contributed by atoms with Gasteiger partial charge < -0.3 is 25.0 Å². The van der Waals surface area contributed by atoms with Crippen LogP contribution in [0.5, 0.6) is 28.7 Å². The van der Waals surface area contributed by atoms with Gasteiger partial charge >= 0.3 is 0 Å². The Labute approximate surface area is 193 Å². The van der Waals surface area contributed by atoms with Gasteiger partial charge in [0.25, 0.3) is 0 Å². The minimum Gasteiger partial charge on any atom is -0.508 e. The molecule has 0 heterocycles. The van der Waals surface area contributed by atoms with Gasteiger partial charge in [0.15, 0.2) is 0 Å². The summed E-state index contributed by atoms with van der Waals surface area (Å²) in [5.74, 6) is 1.88. The van der Waals surface area contributed by atoms with Crippen molar-refractivity contribution < 1.29 is 20.1 Å². The van der Waals surface area contributed by atoms with E-state index in [1.165, 1.54) is 0 Å². The monoisotopic (exact) mass is 441 g/mol. The van der Waals surface area contributed by atoms with Crippen LogP contribution in [0.15, 0.2) is 72.8 Å². The van der Waals surface area contributed by atoms with E-state index in [0.717, 1.165) is 33.8 Å². The highest BCUT2D eigenvalue weighted by Crippen LogP contribution is 2.41. The van der Waals surface area contributed by atoms with E-state index < -0.39 is 0 Å². The SMILES string of the molecule is Cc1cc(O)c(C)c(Oc2ccc(N(c3ccc(O)cc3C)c3ccc(O)cc3C)cc2)c1. The first-order valence-corrected chi connectivity index (χ1v) is 10.7. The van der Waals surface area contributed by atoms with Gasteiger partial charge in [-0.15, -0.1) is 0 Å². The number of hydrogen-bond acceptors (Lipinski definition) is 5. The molecule has 33 heavy (non-hydrogen) atoms. The van der Waals surface area contributed by atoms with Crippen molar-refractivity contribution in [3.8, 4) is 28.7 Å². The zero-order chi connectivity index (χ0) is 23.7. The molecule has 0 amide bonds. The maximum absolute atomic E-state index is 10.1. The number of phenols is 3. The first kappa shape index (κ1) is 22.1. The average Bonchev–Trinajstić information content (AvgIpc) is 2.75. The lowest BCUT2D eigenvalue weighted by molar-refractivity contribution is 0.447. The third-order valence-electron chi connectivity index (χ3n) is 5.64. The summed E-state index contributed by atoms with van der Waals surface area (Å²) in [6.07, 6.45) is 0. The fraction of sp³-hybridized carbons (Fsp3) is 0.143. The van der Waals surface area contributed by atoms with Crippen LogP contribution in [0.4, 0.5) is 17.1 Å². The minimum absolute atomic E-state index is 0.207. The van der Waals surface area contributed by atoms with Crippen LogP contribution in [0.25, 0.3) is 0 Å². The molecular formula is C28H27NO4. The zero-order valence-electron chi connectivity index (χ0n) is 19.1. The smallest absolute Gasteiger partial charge is 0.134 e. The van der Waals surface area contributed by atoms with E-state index in [9.17, 15) is 15.3 Å². The minimum atomic E-state index is 0.207. The summed E-state index contributed by atoms with van der Waals surface area (Å²) < 4.78 is 6.05. The van der Waals surface area contributed by atoms with Gasteiger partial charge in [-0.25, -0.2) is 0 Å². The molecule has 0 aromatic heterocycles. The molecule has 168 valence electrons. The lowest BCUT2D eigenvalue weighted by atomic mass is 10.1. The molecule has 0 saturated carbocycles. The molecule has 0 fully saturated rings. The van der Waals surface area contributed by atoms with Crippen molar-refractivity contribution in [1.82, 2.24) is 0 Å². The van der Waals surface area contributed by atoms with E-state index in [1.54, 1.807) is 30.3 Å². The Kier molecular flexibility index (Phi) is 5.88. The van der Waals surface area contributed by atoms with Crippen molar-refractivity contribution in [2.75, 3.05) is 4.90 Å². The topological polar surface area (TPSA) is 73.2 Å². The van der Waals surface area contributed by atoms with Crippen molar-refractivity contribution in [2.24, 2.45) is 0 Å². The molecule has 5 nitrogen and oxygen atoms in total. The van der Waals surface area contributed by atoms with Gasteiger partial charge in [0.05, 0.1) is 0 Å². The third kappa shape index (κ3) is 4.58. The lowest BCUT2D eigenvalue weighted by Crippen LogP contribution is -2.12. The third-order valence-corrected chi connectivity index (χ3v) is 5.64. The van der Waals surface area contributed by atoms with E-state index in [-0.39, 0.29) is 17.2 Å². The van der Waals surface area contributed by atoms with Gasteiger partial charge in [-0.05, 0) is 117 Å². The molecule has 0 unspecified atom stereocenters. The van der Waals surface area contributed by atoms with E-state index >= 15 is 0 Å². The molecule has 0 spiro atoms. The van der Waals surface area contributed by atoms with E-state index in [2.05, 4.69) is 4.90 Å². The molecule has 0 aliphatic heterocycles. The number of hydrogen-bond donors (Lipinski definition) is 3. The maximum Gasteiger partial charge on any atom is 0.134 e. The van der Waals surface area contributed by atoms with Gasteiger partial charge in [0.2, 0.25) is 0 Å². The van der Waals surface area contributed by atoms with E-state index in [0.29, 0.717) is 17.1 Å². The molecule has 5 heteroatoms. The van der Waals surface area contributed by atoms with E-state index in [4.69, 9.17) is 4.74 Å². The molecule has 0 aliphatic carbocycles. The first-order chi connectivity index (χ1) is 15.7. The van der Waals surface area contributed by atoms with Crippen molar-refractivity contribution >= 4 is 17.1 Å². The second-order valence-corrected chi connectivity index (χ2v) is 8.28. The molecule has 0 atom stereocenters. The zero-order valence-corrected chi connectivity index (χ0v) is 19.1. The first-order valence-electron chi connectivity index (χ1n) is 10.7. The summed E-state index contributed by atoms with van der Waals surface area (Å²) in [5, 5.41) is 29.9. The van der Waals surface area contributed by atoms with E-state index in [1.807, 2.05) is 70.2 Å². The summed E-state index contributed by atoms with van der Waals surface area (Å²) in [5.41, 5.74) is 6.15. The standard InChI is InChI=1S/C28H27NO4/c1-17-13-27(32)20(4)28(14-17)33-24-9-5-21(6-10-24)29(25-11-7-22(30)15-18(25)2)26-12-8-23(31)16-19(26)3/h5-16,30-32H,1-4H3. The Morgan fingerprint density at radius 1 is 0.636 bits per heavy atom. The highest BCUT2D eigenvalue weighted by atomic mass is 16.5. The van der Waals surface area contributed by atoms with Crippen LogP contribution in [0.2, 0.25) is 0 Å². The Morgan fingerprint density at radius 2 is 1.18 bits per heavy atom. The van der Waals surface area contributed by atoms with Gasteiger partial charge in [-0.1, -0.05) is 0 Å². The Bertz CT molecular complexity index is 1260. The molecule has 4 rings (SSSR count). The van der Waals surface area contributed by atoms with Crippen LogP contribution < -0.4 is 9.64 Å². The molecule has 0 saturated heterocycles.